The van der Waals surface area contributed by atoms with Gasteiger partial charge in [0.05, 0.1) is 10.1 Å². The highest BCUT2D eigenvalue weighted by molar-refractivity contribution is 7.92. The van der Waals surface area contributed by atoms with Crippen LogP contribution in [-0.4, -0.2) is 36.6 Å². The van der Waals surface area contributed by atoms with Crippen LogP contribution in [0.1, 0.15) is 36.0 Å². The maximum absolute atomic E-state index is 13.3. The molecule has 0 aliphatic carbocycles. The van der Waals surface area contributed by atoms with Crippen molar-refractivity contribution >= 4 is 15.7 Å². The van der Waals surface area contributed by atoms with E-state index in [1.54, 1.807) is 48.5 Å². The standard InChI is InChI=1S/C26H25NO4S/c28-26(19-11-15-23(16-12-19)31-22-7-3-1-4-8-22)27-20-13-14-21(27)18-25(17-20)32(29,30)24-9-5-2-6-10-24/h1-12,15-16,20-21,25H,13-14,17-18H2. The van der Waals surface area contributed by atoms with Crippen LogP contribution in [0.5, 0.6) is 11.5 Å². The summed E-state index contributed by atoms with van der Waals surface area (Å²) < 4.78 is 32.1. The van der Waals surface area contributed by atoms with Crippen molar-refractivity contribution in [3.8, 4) is 11.5 Å². The van der Waals surface area contributed by atoms with Gasteiger partial charge in [0.25, 0.3) is 5.91 Å². The summed E-state index contributed by atoms with van der Waals surface area (Å²) in [6.07, 6.45) is 2.70. The second-order valence-electron chi connectivity index (χ2n) is 8.49. The second kappa shape index (κ2) is 8.43. The molecule has 2 unspecified atom stereocenters. The summed E-state index contributed by atoms with van der Waals surface area (Å²) in [5.41, 5.74) is 0.603. The molecule has 0 N–H and O–H groups in total. The molecule has 0 saturated carbocycles. The number of rotatable bonds is 5. The Bertz CT molecular complexity index is 1180. The first-order valence-corrected chi connectivity index (χ1v) is 12.5. The van der Waals surface area contributed by atoms with Crippen molar-refractivity contribution in [1.29, 1.82) is 0 Å². The molecule has 2 saturated heterocycles. The molecule has 0 spiro atoms. The molecule has 5 rings (SSSR count). The number of fused-ring (bicyclic) bond motifs is 2. The minimum Gasteiger partial charge on any atom is -0.457 e. The van der Waals surface area contributed by atoms with Crippen LogP contribution in [0.15, 0.2) is 89.8 Å². The lowest BCUT2D eigenvalue weighted by atomic mass is 10.0. The van der Waals surface area contributed by atoms with E-state index >= 15 is 0 Å². The molecule has 6 heteroatoms. The van der Waals surface area contributed by atoms with Crippen LogP contribution in [0.2, 0.25) is 0 Å². The van der Waals surface area contributed by atoms with Gasteiger partial charge >= 0.3 is 0 Å². The van der Waals surface area contributed by atoms with Crippen LogP contribution in [-0.2, 0) is 9.84 Å². The van der Waals surface area contributed by atoms with Crippen molar-refractivity contribution in [3.05, 3.63) is 90.5 Å². The topological polar surface area (TPSA) is 63.7 Å². The third kappa shape index (κ3) is 3.91. The Morgan fingerprint density at radius 2 is 1.28 bits per heavy atom. The summed E-state index contributed by atoms with van der Waals surface area (Å²) in [6, 6.07) is 25.2. The summed E-state index contributed by atoms with van der Waals surface area (Å²) in [4.78, 5) is 15.6. The number of piperidine rings is 1. The fraction of sp³-hybridized carbons (Fsp3) is 0.269. The van der Waals surface area contributed by atoms with E-state index in [0.717, 1.165) is 18.6 Å². The SMILES string of the molecule is O=C(c1ccc(Oc2ccccc2)cc1)N1C2CCC1CC(S(=O)(=O)c1ccccc1)C2. The maximum atomic E-state index is 13.3. The molecular weight excluding hydrogens is 422 g/mol. The number of benzene rings is 3. The lowest BCUT2D eigenvalue weighted by Crippen LogP contribution is -2.49. The van der Waals surface area contributed by atoms with Crippen molar-refractivity contribution in [1.82, 2.24) is 4.90 Å². The van der Waals surface area contributed by atoms with E-state index in [1.165, 1.54) is 0 Å². The normalized spacial score (nSPS) is 22.5. The molecular formula is C26H25NO4S. The zero-order valence-corrected chi connectivity index (χ0v) is 18.4. The van der Waals surface area contributed by atoms with Crippen LogP contribution >= 0.6 is 0 Å². The smallest absolute Gasteiger partial charge is 0.254 e. The maximum Gasteiger partial charge on any atom is 0.254 e. The number of carbonyl (C=O) groups excluding carboxylic acids is 1. The number of hydrogen-bond donors (Lipinski definition) is 0. The monoisotopic (exact) mass is 447 g/mol. The molecule has 2 bridgehead atoms. The Hall–Kier alpha value is -3.12. The van der Waals surface area contributed by atoms with Crippen molar-refractivity contribution in [2.75, 3.05) is 0 Å². The average Bonchev–Trinajstić information content (AvgIpc) is 3.09. The van der Waals surface area contributed by atoms with Crippen LogP contribution in [0.3, 0.4) is 0 Å². The Morgan fingerprint density at radius 3 is 1.88 bits per heavy atom. The zero-order chi connectivity index (χ0) is 22.1. The van der Waals surface area contributed by atoms with E-state index in [0.29, 0.717) is 29.1 Å². The third-order valence-corrected chi connectivity index (χ3v) is 8.71. The minimum atomic E-state index is -3.39. The lowest BCUT2D eigenvalue weighted by Gasteiger charge is -2.38. The summed E-state index contributed by atoms with van der Waals surface area (Å²) in [5, 5.41) is -0.437. The van der Waals surface area contributed by atoms with Gasteiger partial charge in [-0.2, -0.15) is 0 Å². The molecule has 2 fully saturated rings. The van der Waals surface area contributed by atoms with E-state index in [-0.39, 0.29) is 18.0 Å². The first-order valence-electron chi connectivity index (χ1n) is 11.0. The van der Waals surface area contributed by atoms with Crippen LogP contribution in [0, 0.1) is 0 Å². The number of hydrogen-bond acceptors (Lipinski definition) is 4. The molecule has 3 aromatic carbocycles. The molecule has 2 aliphatic rings. The summed E-state index contributed by atoms with van der Waals surface area (Å²) in [6.45, 7) is 0. The summed E-state index contributed by atoms with van der Waals surface area (Å²) in [7, 11) is -3.39. The highest BCUT2D eigenvalue weighted by atomic mass is 32.2. The number of carbonyl (C=O) groups is 1. The molecule has 0 aromatic heterocycles. The Morgan fingerprint density at radius 1 is 0.750 bits per heavy atom. The molecule has 0 radical (unpaired) electrons. The van der Waals surface area contributed by atoms with Gasteiger partial charge in [0.2, 0.25) is 0 Å². The van der Waals surface area contributed by atoms with Crippen LogP contribution < -0.4 is 4.74 Å². The summed E-state index contributed by atoms with van der Waals surface area (Å²) >= 11 is 0. The summed E-state index contributed by atoms with van der Waals surface area (Å²) in [5.74, 6) is 1.38. The molecule has 164 valence electrons. The second-order valence-corrected chi connectivity index (χ2v) is 10.7. The van der Waals surface area contributed by atoms with Crippen molar-refractivity contribution in [3.63, 3.8) is 0 Å². The largest absolute Gasteiger partial charge is 0.457 e. The van der Waals surface area contributed by atoms with E-state index < -0.39 is 15.1 Å². The predicted molar refractivity (Wildman–Crippen MR) is 123 cm³/mol. The third-order valence-electron chi connectivity index (χ3n) is 6.52. The van der Waals surface area contributed by atoms with Gasteiger partial charge in [0.15, 0.2) is 9.84 Å². The highest BCUT2D eigenvalue weighted by Crippen LogP contribution is 2.40. The lowest BCUT2D eigenvalue weighted by molar-refractivity contribution is 0.0598. The molecule has 5 nitrogen and oxygen atoms in total. The van der Waals surface area contributed by atoms with Gasteiger partial charge in [0, 0.05) is 17.6 Å². The van der Waals surface area contributed by atoms with E-state index in [2.05, 4.69) is 0 Å². The van der Waals surface area contributed by atoms with Gasteiger partial charge < -0.3 is 9.64 Å². The van der Waals surface area contributed by atoms with Gasteiger partial charge in [-0.15, -0.1) is 0 Å². The molecule has 2 aliphatic heterocycles. The van der Waals surface area contributed by atoms with E-state index in [4.69, 9.17) is 4.74 Å². The number of sulfone groups is 1. The predicted octanol–water partition coefficient (Wildman–Crippen LogP) is 5.09. The fourth-order valence-corrected chi connectivity index (χ4v) is 6.83. The van der Waals surface area contributed by atoms with E-state index in [1.807, 2.05) is 41.3 Å². The Labute approximate surface area is 188 Å². The zero-order valence-electron chi connectivity index (χ0n) is 17.6. The van der Waals surface area contributed by atoms with Crippen molar-refractivity contribution in [2.45, 2.75) is 47.9 Å². The number of ether oxygens (including phenoxy) is 1. The first-order chi connectivity index (χ1) is 15.5. The Balaban J connectivity index is 1.30. The van der Waals surface area contributed by atoms with Gasteiger partial charge in [-0.25, -0.2) is 8.42 Å². The van der Waals surface area contributed by atoms with E-state index in [9.17, 15) is 13.2 Å². The minimum absolute atomic E-state index is 0.0284. The fourth-order valence-electron chi connectivity index (χ4n) is 4.95. The van der Waals surface area contributed by atoms with Crippen molar-refractivity contribution < 1.29 is 17.9 Å². The molecule has 2 heterocycles. The van der Waals surface area contributed by atoms with Gasteiger partial charge in [-0.3, -0.25) is 4.79 Å². The van der Waals surface area contributed by atoms with Crippen LogP contribution in [0.4, 0.5) is 0 Å². The van der Waals surface area contributed by atoms with Gasteiger partial charge in [0.1, 0.15) is 11.5 Å². The molecule has 3 aromatic rings. The number of para-hydroxylation sites is 1. The molecule has 1 amide bonds. The van der Waals surface area contributed by atoms with Gasteiger partial charge in [-0.05, 0) is 74.2 Å². The number of amides is 1. The highest BCUT2D eigenvalue weighted by Gasteiger charge is 2.47. The molecule has 2 atom stereocenters. The molecule has 32 heavy (non-hydrogen) atoms. The Kier molecular flexibility index (Phi) is 5.47. The first kappa shape index (κ1) is 20.8. The van der Waals surface area contributed by atoms with Gasteiger partial charge in [-0.1, -0.05) is 36.4 Å². The number of nitrogens with zero attached hydrogens (tertiary/aromatic N) is 1. The quantitative estimate of drug-likeness (QED) is 0.547. The van der Waals surface area contributed by atoms with Crippen molar-refractivity contribution in [2.24, 2.45) is 0 Å². The van der Waals surface area contributed by atoms with Crippen LogP contribution in [0.25, 0.3) is 0 Å². The average molecular weight is 448 g/mol.